The molecule has 3 nitrogen and oxygen atoms in total. The zero-order chi connectivity index (χ0) is 13.4. The van der Waals surface area contributed by atoms with Crippen molar-refractivity contribution in [3.05, 3.63) is 21.1 Å². The lowest BCUT2D eigenvalue weighted by Crippen LogP contribution is -2.32. The normalized spacial score (nSPS) is 13.1. The predicted molar refractivity (Wildman–Crippen MR) is 76.1 cm³/mol. The molecule has 0 saturated heterocycles. The largest absolute Gasteiger partial charge is 0.297 e. The number of rotatable bonds is 2. The molecule has 0 unspecified atom stereocenters. The number of nitrogens with zero attached hydrogens (tertiary/aromatic N) is 1. The maximum absolute atomic E-state index is 12.0. The summed E-state index contributed by atoms with van der Waals surface area (Å²) in [6, 6.07) is 0. The molecule has 5 heteroatoms. The van der Waals surface area contributed by atoms with Gasteiger partial charge in [-0.15, -0.1) is 11.8 Å². The van der Waals surface area contributed by atoms with Gasteiger partial charge in [-0.1, -0.05) is 32.4 Å². The van der Waals surface area contributed by atoms with Crippen LogP contribution in [0, 0.1) is 0 Å². The van der Waals surface area contributed by atoms with E-state index in [9.17, 15) is 4.79 Å². The molecule has 0 aliphatic rings. The van der Waals surface area contributed by atoms with Crippen LogP contribution in [0.2, 0.25) is 5.02 Å². The van der Waals surface area contributed by atoms with Crippen molar-refractivity contribution in [1.29, 1.82) is 0 Å². The van der Waals surface area contributed by atoms with Crippen LogP contribution in [-0.4, -0.2) is 14.5 Å². The summed E-state index contributed by atoms with van der Waals surface area (Å²) < 4.78 is 1.75. The van der Waals surface area contributed by atoms with Crippen LogP contribution >= 0.6 is 23.4 Å². The summed E-state index contributed by atoms with van der Waals surface area (Å²) in [6.45, 7) is 12.4. The number of aromatic amines is 1. The van der Waals surface area contributed by atoms with Gasteiger partial charge in [-0.05, 0) is 20.8 Å². The molecule has 0 amide bonds. The monoisotopic (exact) mass is 276 g/mol. The maximum atomic E-state index is 12.0. The summed E-state index contributed by atoms with van der Waals surface area (Å²) in [5.74, 6) is 0.723. The Balaban J connectivity index is 3.01. The number of aromatic nitrogens is 2. The molecular weight excluding hydrogens is 256 g/mol. The van der Waals surface area contributed by atoms with Crippen molar-refractivity contribution in [2.75, 3.05) is 0 Å². The Hall–Kier alpha value is -0.350. The van der Waals surface area contributed by atoms with Crippen molar-refractivity contribution in [2.45, 2.75) is 57.6 Å². The van der Waals surface area contributed by atoms with Crippen molar-refractivity contribution in [3.63, 3.8) is 0 Å². The predicted octanol–water partition coefficient (Wildman–Crippen LogP) is 3.62. The Kier molecular flexibility index (Phi) is 4.09. The lowest BCUT2D eigenvalue weighted by molar-refractivity contribution is 0.344. The van der Waals surface area contributed by atoms with Gasteiger partial charge in [-0.2, -0.15) is 0 Å². The second-order valence-electron chi connectivity index (χ2n) is 6.12. The standard InChI is InChI=1S/C12H21ClN2OS/c1-11(2,3)15-10(16)9(13)8(14-15)7-17-12(4,5)6/h14H,7H2,1-6H3. The molecule has 1 rings (SSSR count). The number of hydrogen-bond donors (Lipinski definition) is 1. The molecule has 0 spiro atoms. The number of H-pyrrole nitrogens is 1. The van der Waals surface area contributed by atoms with Crippen molar-refractivity contribution >= 4 is 23.4 Å². The van der Waals surface area contributed by atoms with Crippen LogP contribution < -0.4 is 5.56 Å². The van der Waals surface area contributed by atoms with E-state index in [0.717, 1.165) is 11.4 Å². The van der Waals surface area contributed by atoms with Crippen LogP contribution in [0.1, 0.15) is 47.2 Å². The van der Waals surface area contributed by atoms with Gasteiger partial charge in [0.05, 0.1) is 11.2 Å². The molecule has 0 radical (unpaired) electrons. The van der Waals surface area contributed by atoms with Gasteiger partial charge in [0.2, 0.25) is 0 Å². The zero-order valence-electron chi connectivity index (χ0n) is 11.3. The van der Waals surface area contributed by atoms with Crippen LogP contribution in [0.25, 0.3) is 0 Å². The van der Waals surface area contributed by atoms with E-state index in [4.69, 9.17) is 11.6 Å². The highest BCUT2D eigenvalue weighted by molar-refractivity contribution is 7.99. The van der Waals surface area contributed by atoms with Crippen molar-refractivity contribution in [2.24, 2.45) is 0 Å². The Labute approximate surface area is 112 Å². The fraction of sp³-hybridized carbons (Fsp3) is 0.750. The van der Waals surface area contributed by atoms with Gasteiger partial charge in [-0.25, -0.2) is 4.68 Å². The molecule has 0 fully saturated rings. The smallest absolute Gasteiger partial charge is 0.286 e. The van der Waals surface area contributed by atoms with Gasteiger partial charge >= 0.3 is 0 Å². The lowest BCUT2D eigenvalue weighted by atomic mass is 10.1. The van der Waals surface area contributed by atoms with Crippen LogP contribution in [0.15, 0.2) is 4.79 Å². The molecule has 1 heterocycles. The van der Waals surface area contributed by atoms with E-state index in [1.54, 1.807) is 16.4 Å². The van der Waals surface area contributed by atoms with E-state index in [0.29, 0.717) is 5.02 Å². The molecule has 1 N–H and O–H groups in total. The van der Waals surface area contributed by atoms with Gasteiger partial charge in [0.1, 0.15) is 5.02 Å². The first-order valence-corrected chi connectivity index (χ1v) is 7.02. The first-order valence-electron chi connectivity index (χ1n) is 5.66. The summed E-state index contributed by atoms with van der Waals surface area (Å²) in [5.41, 5.74) is 0.404. The van der Waals surface area contributed by atoms with E-state index in [2.05, 4.69) is 25.9 Å². The van der Waals surface area contributed by atoms with E-state index in [1.807, 2.05) is 20.8 Å². The quantitative estimate of drug-likeness (QED) is 0.896. The van der Waals surface area contributed by atoms with Crippen LogP contribution in [-0.2, 0) is 11.3 Å². The van der Waals surface area contributed by atoms with Crippen LogP contribution in [0.3, 0.4) is 0 Å². The van der Waals surface area contributed by atoms with Crippen molar-refractivity contribution in [3.8, 4) is 0 Å². The molecule has 0 aromatic carbocycles. The Morgan fingerprint density at radius 2 is 1.76 bits per heavy atom. The van der Waals surface area contributed by atoms with Crippen LogP contribution in [0.4, 0.5) is 0 Å². The average molecular weight is 277 g/mol. The first-order chi connectivity index (χ1) is 7.52. The molecular formula is C12H21ClN2OS. The maximum Gasteiger partial charge on any atom is 0.286 e. The molecule has 0 aliphatic carbocycles. The highest BCUT2D eigenvalue weighted by Crippen LogP contribution is 2.28. The summed E-state index contributed by atoms with van der Waals surface area (Å²) in [4.78, 5) is 12.0. The average Bonchev–Trinajstić information content (AvgIpc) is 2.39. The van der Waals surface area contributed by atoms with Crippen molar-refractivity contribution < 1.29 is 0 Å². The third kappa shape index (κ3) is 3.81. The molecule has 1 aromatic rings. The van der Waals surface area contributed by atoms with Gasteiger partial charge in [0.15, 0.2) is 0 Å². The first kappa shape index (κ1) is 14.7. The minimum absolute atomic E-state index is 0.135. The molecule has 0 saturated carbocycles. The minimum Gasteiger partial charge on any atom is -0.297 e. The SMILES string of the molecule is CC(C)(C)SCc1[nH]n(C(C)(C)C)c(=O)c1Cl. The van der Waals surface area contributed by atoms with Crippen molar-refractivity contribution in [1.82, 2.24) is 9.78 Å². The number of hydrogen-bond acceptors (Lipinski definition) is 2. The second-order valence-corrected chi connectivity index (χ2v) is 8.30. The fourth-order valence-corrected chi connectivity index (χ4v) is 2.38. The van der Waals surface area contributed by atoms with Gasteiger partial charge in [0.25, 0.3) is 5.56 Å². The highest BCUT2D eigenvalue weighted by atomic mass is 35.5. The molecule has 0 aliphatic heterocycles. The Morgan fingerprint density at radius 3 is 2.12 bits per heavy atom. The molecule has 98 valence electrons. The number of nitrogens with one attached hydrogen (secondary N) is 1. The zero-order valence-corrected chi connectivity index (χ0v) is 12.9. The second kappa shape index (κ2) is 4.73. The third-order valence-electron chi connectivity index (χ3n) is 2.22. The molecule has 17 heavy (non-hydrogen) atoms. The minimum atomic E-state index is -0.272. The molecule has 1 aromatic heterocycles. The van der Waals surface area contributed by atoms with E-state index in [-0.39, 0.29) is 15.8 Å². The summed E-state index contributed by atoms with van der Waals surface area (Å²) in [5, 5.41) is 3.43. The third-order valence-corrected chi connectivity index (χ3v) is 3.91. The lowest BCUT2D eigenvalue weighted by Gasteiger charge is -2.19. The van der Waals surface area contributed by atoms with E-state index < -0.39 is 0 Å². The molecule has 0 bridgehead atoms. The summed E-state index contributed by atoms with van der Waals surface area (Å²) in [6.07, 6.45) is 0. The van der Waals surface area contributed by atoms with E-state index in [1.165, 1.54) is 0 Å². The van der Waals surface area contributed by atoms with Gasteiger partial charge in [-0.3, -0.25) is 9.89 Å². The Morgan fingerprint density at radius 1 is 1.24 bits per heavy atom. The Bertz CT molecular complexity index is 449. The van der Waals surface area contributed by atoms with Gasteiger partial charge < -0.3 is 0 Å². The summed E-state index contributed by atoms with van der Waals surface area (Å²) in [7, 11) is 0. The fourth-order valence-electron chi connectivity index (χ4n) is 1.32. The molecule has 0 atom stereocenters. The number of halogens is 1. The number of thioether (sulfide) groups is 1. The van der Waals surface area contributed by atoms with Gasteiger partial charge in [0, 0.05) is 10.5 Å². The summed E-state index contributed by atoms with van der Waals surface area (Å²) >= 11 is 7.84. The van der Waals surface area contributed by atoms with Crippen LogP contribution in [0.5, 0.6) is 0 Å². The highest BCUT2D eigenvalue weighted by Gasteiger charge is 2.22. The topological polar surface area (TPSA) is 37.8 Å². The van der Waals surface area contributed by atoms with E-state index >= 15 is 0 Å².